The smallest absolute Gasteiger partial charge is 0.254 e. The van der Waals surface area contributed by atoms with Gasteiger partial charge in [-0.15, -0.1) is 0 Å². The van der Waals surface area contributed by atoms with Gasteiger partial charge in [0.25, 0.3) is 5.91 Å². The number of hydrogen-bond acceptors (Lipinski definition) is 4. The predicted molar refractivity (Wildman–Crippen MR) is 91.1 cm³/mol. The van der Waals surface area contributed by atoms with E-state index in [0.29, 0.717) is 42.7 Å². The van der Waals surface area contributed by atoms with E-state index in [1.54, 1.807) is 6.07 Å². The maximum absolute atomic E-state index is 12.6. The SMILES string of the molecule is CCCCOc1ccc(C(=O)N2CCC(CN)C2)cc1OCC. The second-order valence-corrected chi connectivity index (χ2v) is 5.94. The first-order valence-electron chi connectivity index (χ1n) is 8.58. The Kier molecular flexibility index (Phi) is 6.71. The lowest BCUT2D eigenvalue weighted by atomic mass is 10.1. The number of nitrogens with two attached hydrogens (primary N) is 1. The molecular weight excluding hydrogens is 292 g/mol. The van der Waals surface area contributed by atoms with E-state index in [0.717, 1.165) is 32.4 Å². The number of hydrogen-bond donors (Lipinski definition) is 1. The zero-order valence-corrected chi connectivity index (χ0v) is 14.2. The van der Waals surface area contributed by atoms with Gasteiger partial charge in [0, 0.05) is 18.7 Å². The minimum atomic E-state index is 0.0435. The van der Waals surface area contributed by atoms with Crippen LogP contribution in [0.25, 0.3) is 0 Å². The second-order valence-electron chi connectivity index (χ2n) is 5.94. The summed E-state index contributed by atoms with van der Waals surface area (Å²) in [5.74, 6) is 1.81. The zero-order chi connectivity index (χ0) is 16.7. The molecule has 1 atom stereocenters. The molecule has 23 heavy (non-hydrogen) atoms. The predicted octanol–water partition coefficient (Wildman–Crippen LogP) is 2.69. The van der Waals surface area contributed by atoms with E-state index in [4.69, 9.17) is 15.2 Å². The summed E-state index contributed by atoms with van der Waals surface area (Å²) in [6.45, 7) is 7.41. The van der Waals surface area contributed by atoms with Crippen molar-refractivity contribution in [2.24, 2.45) is 11.7 Å². The fourth-order valence-corrected chi connectivity index (χ4v) is 2.75. The molecule has 1 fully saturated rings. The third-order valence-electron chi connectivity index (χ3n) is 4.15. The lowest BCUT2D eigenvalue weighted by Gasteiger charge is -2.18. The summed E-state index contributed by atoms with van der Waals surface area (Å²) >= 11 is 0. The topological polar surface area (TPSA) is 64.8 Å². The number of amides is 1. The first-order chi connectivity index (χ1) is 11.2. The molecule has 0 aliphatic carbocycles. The monoisotopic (exact) mass is 320 g/mol. The first kappa shape index (κ1) is 17.6. The van der Waals surface area contributed by atoms with Gasteiger partial charge in [-0.3, -0.25) is 4.79 Å². The average Bonchev–Trinajstić information content (AvgIpc) is 3.05. The van der Waals surface area contributed by atoms with Gasteiger partial charge in [0.05, 0.1) is 13.2 Å². The molecule has 1 aromatic rings. The van der Waals surface area contributed by atoms with E-state index in [2.05, 4.69) is 6.92 Å². The van der Waals surface area contributed by atoms with E-state index in [1.165, 1.54) is 0 Å². The lowest BCUT2D eigenvalue weighted by molar-refractivity contribution is 0.0787. The Morgan fingerprint density at radius 2 is 2.13 bits per heavy atom. The van der Waals surface area contributed by atoms with E-state index >= 15 is 0 Å². The molecule has 1 unspecified atom stereocenters. The van der Waals surface area contributed by atoms with E-state index in [1.807, 2.05) is 24.0 Å². The normalized spacial score (nSPS) is 17.3. The van der Waals surface area contributed by atoms with Crippen LogP contribution in [0.4, 0.5) is 0 Å². The van der Waals surface area contributed by atoms with Gasteiger partial charge in [0.15, 0.2) is 11.5 Å². The fourth-order valence-electron chi connectivity index (χ4n) is 2.75. The molecule has 1 aliphatic heterocycles. The van der Waals surface area contributed by atoms with Crippen LogP contribution in [0.2, 0.25) is 0 Å². The molecular formula is C18H28N2O3. The molecule has 1 aromatic carbocycles. The Morgan fingerprint density at radius 1 is 1.30 bits per heavy atom. The number of benzene rings is 1. The van der Waals surface area contributed by atoms with Gasteiger partial charge < -0.3 is 20.1 Å². The van der Waals surface area contributed by atoms with Crippen LogP contribution in [0.5, 0.6) is 11.5 Å². The maximum atomic E-state index is 12.6. The number of rotatable bonds is 8. The summed E-state index contributed by atoms with van der Waals surface area (Å²) in [6, 6.07) is 5.45. The third-order valence-corrected chi connectivity index (χ3v) is 4.15. The number of carbonyl (C=O) groups is 1. The standard InChI is InChI=1S/C18H28N2O3/c1-3-5-10-23-16-7-6-15(11-17(16)22-4-2)18(21)20-9-8-14(12-19)13-20/h6-7,11,14H,3-5,8-10,12-13,19H2,1-2H3. The van der Waals surface area contributed by atoms with Crippen LogP contribution in [0, 0.1) is 5.92 Å². The first-order valence-corrected chi connectivity index (χ1v) is 8.58. The van der Waals surface area contributed by atoms with Crippen LogP contribution in [0.15, 0.2) is 18.2 Å². The molecule has 1 saturated heterocycles. The Hall–Kier alpha value is -1.75. The van der Waals surface area contributed by atoms with E-state index < -0.39 is 0 Å². The molecule has 1 amide bonds. The Balaban J connectivity index is 2.10. The van der Waals surface area contributed by atoms with Gasteiger partial charge in [-0.1, -0.05) is 13.3 Å². The minimum absolute atomic E-state index is 0.0435. The van der Waals surface area contributed by atoms with Crippen molar-refractivity contribution >= 4 is 5.91 Å². The van der Waals surface area contributed by atoms with Crippen LogP contribution in [-0.4, -0.2) is 43.7 Å². The summed E-state index contributed by atoms with van der Waals surface area (Å²) < 4.78 is 11.4. The molecule has 0 aromatic heterocycles. The van der Waals surface area contributed by atoms with Crippen LogP contribution in [0.3, 0.4) is 0 Å². The fraction of sp³-hybridized carbons (Fsp3) is 0.611. The summed E-state index contributed by atoms with van der Waals surface area (Å²) in [4.78, 5) is 14.5. The van der Waals surface area contributed by atoms with Gasteiger partial charge in [-0.25, -0.2) is 0 Å². The highest BCUT2D eigenvalue weighted by atomic mass is 16.5. The van der Waals surface area contributed by atoms with Crippen molar-refractivity contribution in [2.45, 2.75) is 33.1 Å². The van der Waals surface area contributed by atoms with Crippen molar-refractivity contribution in [3.63, 3.8) is 0 Å². The van der Waals surface area contributed by atoms with Crippen LogP contribution < -0.4 is 15.2 Å². The number of nitrogens with zero attached hydrogens (tertiary/aromatic N) is 1. The Morgan fingerprint density at radius 3 is 2.78 bits per heavy atom. The molecule has 1 heterocycles. The van der Waals surface area contributed by atoms with E-state index in [9.17, 15) is 4.79 Å². The highest BCUT2D eigenvalue weighted by molar-refractivity contribution is 5.95. The second kappa shape index (κ2) is 8.77. The number of ether oxygens (including phenoxy) is 2. The minimum Gasteiger partial charge on any atom is -0.490 e. The van der Waals surface area contributed by atoms with E-state index in [-0.39, 0.29) is 5.91 Å². The molecule has 2 rings (SSSR count). The van der Waals surface area contributed by atoms with Crippen molar-refractivity contribution in [1.82, 2.24) is 4.90 Å². The van der Waals surface area contributed by atoms with Gasteiger partial charge >= 0.3 is 0 Å². The molecule has 5 heteroatoms. The van der Waals surface area contributed by atoms with Gasteiger partial charge in [0.2, 0.25) is 0 Å². The molecule has 0 spiro atoms. The molecule has 5 nitrogen and oxygen atoms in total. The summed E-state index contributed by atoms with van der Waals surface area (Å²) in [7, 11) is 0. The third kappa shape index (κ3) is 4.61. The van der Waals surface area contributed by atoms with Crippen molar-refractivity contribution in [2.75, 3.05) is 32.8 Å². The number of likely N-dealkylation sites (tertiary alicyclic amines) is 1. The quantitative estimate of drug-likeness (QED) is 0.748. The molecule has 0 radical (unpaired) electrons. The van der Waals surface area contributed by atoms with Crippen molar-refractivity contribution in [3.8, 4) is 11.5 Å². The highest BCUT2D eigenvalue weighted by Gasteiger charge is 2.26. The van der Waals surface area contributed by atoms with Crippen molar-refractivity contribution < 1.29 is 14.3 Å². The number of carbonyl (C=O) groups excluding carboxylic acids is 1. The molecule has 0 bridgehead atoms. The molecule has 1 aliphatic rings. The van der Waals surface area contributed by atoms with Crippen molar-refractivity contribution in [1.29, 1.82) is 0 Å². The molecule has 0 saturated carbocycles. The Labute approximate surface area is 138 Å². The van der Waals surface area contributed by atoms with Crippen LogP contribution in [0.1, 0.15) is 43.5 Å². The zero-order valence-electron chi connectivity index (χ0n) is 14.2. The summed E-state index contributed by atoms with van der Waals surface area (Å²) in [5.41, 5.74) is 6.35. The summed E-state index contributed by atoms with van der Waals surface area (Å²) in [5, 5.41) is 0. The van der Waals surface area contributed by atoms with Gasteiger partial charge in [-0.05, 0) is 50.4 Å². The molecule has 128 valence electrons. The van der Waals surface area contributed by atoms with Gasteiger partial charge in [-0.2, -0.15) is 0 Å². The molecule has 2 N–H and O–H groups in total. The van der Waals surface area contributed by atoms with Crippen molar-refractivity contribution in [3.05, 3.63) is 23.8 Å². The average molecular weight is 320 g/mol. The van der Waals surface area contributed by atoms with Crippen LogP contribution in [-0.2, 0) is 0 Å². The maximum Gasteiger partial charge on any atom is 0.254 e. The number of unbranched alkanes of at least 4 members (excludes halogenated alkanes) is 1. The Bertz CT molecular complexity index is 519. The lowest BCUT2D eigenvalue weighted by Crippen LogP contribution is -2.29. The van der Waals surface area contributed by atoms with Gasteiger partial charge in [0.1, 0.15) is 0 Å². The van der Waals surface area contributed by atoms with Crippen LogP contribution >= 0.6 is 0 Å². The largest absolute Gasteiger partial charge is 0.490 e. The highest BCUT2D eigenvalue weighted by Crippen LogP contribution is 2.30. The summed E-state index contributed by atoms with van der Waals surface area (Å²) in [6.07, 6.45) is 3.07.